The second-order valence-electron chi connectivity index (χ2n) is 14.0. The number of ether oxygens (including phenoxy) is 5. The maximum atomic E-state index is 12.9. The smallest absolute Gasteiger partial charge is 0.410 e. The first kappa shape index (κ1) is 36.1. The number of rotatable bonds is 6. The van der Waals surface area contributed by atoms with Gasteiger partial charge in [-0.15, -0.1) is 0 Å². The van der Waals surface area contributed by atoms with Crippen molar-refractivity contribution in [2.75, 3.05) is 52.6 Å². The Kier molecular flexibility index (Phi) is 12.1. The zero-order valence-electron chi connectivity index (χ0n) is 29.6. The summed E-state index contributed by atoms with van der Waals surface area (Å²) in [5, 5.41) is 3.57. The highest BCUT2D eigenvalue weighted by Gasteiger charge is 2.32. The van der Waals surface area contributed by atoms with E-state index in [1.54, 1.807) is 18.7 Å². The summed E-state index contributed by atoms with van der Waals surface area (Å²) in [6.07, 6.45) is 3.18. The Morgan fingerprint density at radius 3 is 1.71 bits per heavy atom. The predicted octanol–water partition coefficient (Wildman–Crippen LogP) is 4.76. The molecule has 49 heavy (non-hydrogen) atoms. The third kappa shape index (κ3) is 10.4. The molecule has 2 aromatic rings. The first-order valence-electron chi connectivity index (χ1n) is 17.5. The van der Waals surface area contributed by atoms with Crippen molar-refractivity contribution in [2.24, 2.45) is 0 Å². The van der Waals surface area contributed by atoms with Crippen molar-refractivity contribution in [1.82, 2.24) is 20.0 Å². The van der Waals surface area contributed by atoms with E-state index in [9.17, 15) is 14.4 Å². The SMILES string of the molecule is CC(=O)N1CCC(N(Cc2ccc3c(c2)OCCO3)C(=O)OC(C)(C)C)CC1.CC(=O)N1CCC(NCc2ccc3c(c2)OCCO3)CC1. The molecule has 12 heteroatoms. The molecule has 1 N–H and O–H groups in total. The number of benzene rings is 2. The van der Waals surface area contributed by atoms with E-state index in [1.165, 1.54) is 5.56 Å². The summed E-state index contributed by atoms with van der Waals surface area (Å²) in [5.74, 6) is 3.37. The molecule has 0 saturated carbocycles. The van der Waals surface area contributed by atoms with Crippen LogP contribution in [0.1, 0.15) is 71.4 Å². The third-order valence-electron chi connectivity index (χ3n) is 9.08. The van der Waals surface area contributed by atoms with Crippen molar-refractivity contribution in [3.8, 4) is 23.0 Å². The molecule has 4 aliphatic heterocycles. The van der Waals surface area contributed by atoms with Crippen molar-refractivity contribution >= 4 is 17.9 Å². The lowest BCUT2D eigenvalue weighted by Crippen LogP contribution is -2.49. The van der Waals surface area contributed by atoms with Gasteiger partial charge in [0.05, 0.1) is 0 Å². The lowest BCUT2D eigenvalue weighted by atomic mass is 10.0. The van der Waals surface area contributed by atoms with E-state index in [4.69, 9.17) is 23.7 Å². The van der Waals surface area contributed by atoms with Crippen LogP contribution in [-0.2, 0) is 27.4 Å². The molecule has 268 valence electrons. The molecule has 2 aromatic carbocycles. The fourth-order valence-corrected chi connectivity index (χ4v) is 6.40. The van der Waals surface area contributed by atoms with Crippen LogP contribution in [0.15, 0.2) is 36.4 Å². The van der Waals surface area contributed by atoms with Gasteiger partial charge in [-0.25, -0.2) is 4.79 Å². The molecular weight excluding hydrogens is 628 g/mol. The van der Waals surface area contributed by atoms with E-state index in [-0.39, 0.29) is 23.9 Å². The fraction of sp³-hybridized carbons (Fsp3) is 0.595. The zero-order chi connectivity index (χ0) is 35.0. The molecule has 0 unspecified atom stereocenters. The van der Waals surface area contributed by atoms with Crippen LogP contribution in [0.4, 0.5) is 4.79 Å². The number of hydrogen-bond donors (Lipinski definition) is 1. The third-order valence-corrected chi connectivity index (χ3v) is 9.08. The van der Waals surface area contributed by atoms with Gasteiger partial charge in [-0.2, -0.15) is 0 Å². The largest absolute Gasteiger partial charge is 0.486 e. The molecule has 2 fully saturated rings. The first-order valence-corrected chi connectivity index (χ1v) is 17.5. The maximum absolute atomic E-state index is 12.9. The zero-order valence-corrected chi connectivity index (χ0v) is 29.6. The fourth-order valence-electron chi connectivity index (χ4n) is 6.40. The lowest BCUT2D eigenvalue weighted by molar-refractivity contribution is -0.131. The monoisotopic (exact) mass is 680 g/mol. The molecular formula is C37H52N4O8. The standard InChI is InChI=1S/C21H30N2O5.C16H22N2O3/c1-15(24)22-9-7-17(8-10-22)23(20(25)28-21(2,3)4)14-16-5-6-18-19(13-16)27-12-11-26-18;1-12(19)18-6-4-14(5-7-18)17-11-13-2-3-15-16(10-13)21-9-8-20-15/h5-6,13,17H,7-12,14H2,1-4H3;2-3,10,14,17H,4-9,11H2,1H3. The van der Waals surface area contributed by atoms with Crippen LogP contribution >= 0.6 is 0 Å². The van der Waals surface area contributed by atoms with E-state index >= 15 is 0 Å². The molecule has 2 saturated heterocycles. The summed E-state index contributed by atoms with van der Waals surface area (Å²) < 4.78 is 28.0. The van der Waals surface area contributed by atoms with E-state index < -0.39 is 5.60 Å². The summed E-state index contributed by atoms with van der Waals surface area (Å²) in [5.41, 5.74) is 1.60. The Morgan fingerprint density at radius 2 is 1.20 bits per heavy atom. The molecule has 4 heterocycles. The van der Waals surface area contributed by atoms with Crippen molar-refractivity contribution in [3.05, 3.63) is 47.5 Å². The molecule has 0 spiro atoms. The quantitative estimate of drug-likeness (QED) is 0.461. The predicted molar refractivity (Wildman–Crippen MR) is 184 cm³/mol. The molecule has 0 aromatic heterocycles. The molecule has 0 bridgehead atoms. The van der Waals surface area contributed by atoms with E-state index in [1.807, 2.05) is 60.9 Å². The second-order valence-corrected chi connectivity index (χ2v) is 14.0. The van der Waals surface area contributed by atoms with Gasteiger partial charge in [0.25, 0.3) is 0 Å². The number of piperidine rings is 2. The van der Waals surface area contributed by atoms with Crippen LogP contribution in [0.3, 0.4) is 0 Å². The average molecular weight is 681 g/mol. The minimum atomic E-state index is -0.567. The van der Waals surface area contributed by atoms with Crippen molar-refractivity contribution < 1.29 is 38.1 Å². The molecule has 4 aliphatic rings. The number of fused-ring (bicyclic) bond motifs is 2. The first-order chi connectivity index (χ1) is 23.4. The van der Waals surface area contributed by atoms with E-state index in [0.717, 1.165) is 68.1 Å². The number of hydrogen-bond acceptors (Lipinski definition) is 9. The van der Waals surface area contributed by atoms with Gasteiger partial charge in [0.2, 0.25) is 11.8 Å². The van der Waals surface area contributed by atoms with Crippen LogP contribution in [0.2, 0.25) is 0 Å². The van der Waals surface area contributed by atoms with Gasteiger partial charge in [0.15, 0.2) is 23.0 Å². The number of likely N-dealkylation sites (tertiary alicyclic amines) is 2. The lowest BCUT2D eigenvalue weighted by Gasteiger charge is -2.39. The van der Waals surface area contributed by atoms with Crippen molar-refractivity contribution in [2.45, 2.75) is 91.1 Å². The van der Waals surface area contributed by atoms with Crippen LogP contribution in [0.5, 0.6) is 23.0 Å². The Balaban J connectivity index is 0.000000199. The van der Waals surface area contributed by atoms with Crippen LogP contribution < -0.4 is 24.3 Å². The molecule has 6 rings (SSSR count). The number of carbonyl (C=O) groups excluding carboxylic acids is 3. The van der Waals surface area contributed by atoms with Gasteiger partial charge in [-0.3, -0.25) is 9.59 Å². The Labute approximate surface area is 289 Å². The number of amides is 3. The summed E-state index contributed by atoms with van der Waals surface area (Å²) in [6, 6.07) is 12.4. The Hall–Kier alpha value is -4.19. The summed E-state index contributed by atoms with van der Waals surface area (Å²) in [4.78, 5) is 41.4. The Bertz CT molecular complexity index is 1440. The van der Waals surface area contributed by atoms with E-state index in [0.29, 0.717) is 57.9 Å². The van der Waals surface area contributed by atoms with Crippen molar-refractivity contribution in [1.29, 1.82) is 0 Å². The van der Waals surface area contributed by atoms with Crippen LogP contribution in [0, 0.1) is 0 Å². The summed E-state index contributed by atoms with van der Waals surface area (Å²) in [7, 11) is 0. The Morgan fingerprint density at radius 1 is 0.735 bits per heavy atom. The second kappa shape index (κ2) is 16.5. The van der Waals surface area contributed by atoms with Gasteiger partial charge >= 0.3 is 6.09 Å². The van der Waals surface area contributed by atoms with Gasteiger partial charge in [0.1, 0.15) is 32.0 Å². The molecule has 0 radical (unpaired) electrons. The topological polar surface area (TPSA) is 119 Å². The van der Waals surface area contributed by atoms with Gasteiger partial charge < -0.3 is 43.7 Å². The maximum Gasteiger partial charge on any atom is 0.410 e. The number of carbonyl (C=O) groups is 3. The summed E-state index contributed by atoms with van der Waals surface area (Å²) >= 11 is 0. The summed E-state index contributed by atoms with van der Waals surface area (Å²) in [6.45, 7) is 15.4. The molecule has 0 atom stereocenters. The van der Waals surface area contributed by atoms with Crippen molar-refractivity contribution in [3.63, 3.8) is 0 Å². The van der Waals surface area contributed by atoms with Crippen LogP contribution in [0.25, 0.3) is 0 Å². The highest BCUT2D eigenvalue weighted by molar-refractivity contribution is 5.74. The average Bonchev–Trinajstić information content (AvgIpc) is 3.09. The highest BCUT2D eigenvalue weighted by Crippen LogP contribution is 2.33. The van der Waals surface area contributed by atoms with Gasteiger partial charge in [-0.05, 0) is 81.8 Å². The minimum absolute atomic E-state index is 0.0265. The normalized spacial score (nSPS) is 17.8. The highest BCUT2D eigenvalue weighted by atomic mass is 16.6. The van der Waals surface area contributed by atoms with Gasteiger partial charge in [0, 0.05) is 65.2 Å². The minimum Gasteiger partial charge on any atom is -0.486 e. The number of nitrogens with zero attached hydrogens (tertiary/aromatic N) is 3. The molecule has 3 amide bonds. The molecule has 0 aliphatic carbocycles. The van der Waals surface area contributed by atoms with Crippen LogP contribution in [-0.4, -0.2) is 103 Å². The molecule has 12 nitrogen and oxygen atoms in total. The van der Waals surface area contributed by atoms with E-state index in [2.05, 4.69) is 11.4 Å². The number of nitrogens with one attached hydrogen (secondary N) is 1. The van der Waals surface area contributed by atoms with Gasteiger partial charge in [-0.1, -0.05) is 12.1 Å².